The van der Waals surface area contributed by atoms with Gasteiger partial charge in [0.1, 0.15) is 5.82 Å². The number of carboxylic acids is 1. The molecule has 0 aliphatic heterocycles. The van der Waals surface area contributed by atoms with E-state index in [1.807, 2.05) is 19.1 Å². The zero-order valence-electron chi connectivity index (χ0n) is 21.2. The van der Waals surface area contributed by atoms with Crippen LogP contribution in [0.2, 0.25) is 0 Å². The second-order valence-corrected chi connectivity index (χ2v) is 7.90. The summed E-state index contributed by atoms with van der Waals surface area (Å²) in [5.74, 6) is -1.29. The van der Waals surface area contributed by atoms with E-state index in [9.17, 15) is 29.6 Å². The summed E-state index contributed by atoms with van der Waals surface area (Å²) in [6.07, 6.45) is 2.85. The van der Waals surface area contributed by atoms with Crippen molar-refractivity contribution in [2.24, 2.45) is 0 Å². The minimum absolute atomic E-state index is 0. The Morgan fingerprint density at radius 1 is 1.14 bits per heavy atom. The molecule has 0 bridgehead atoms. The van der Waals surface area contributed by atoms with E-state index in [4.69, 9.17) is 0 Å². The zero-order valence-corrected chi connectivity index (χ0v) is 22.2. The maximum absolute atomic E-state index is 12.3. The molecule has 0 aliphatic carbocycles. The van der Waals surface area contributed by atoms with Gasteiger partial charge in [0.05, 0.1) is 23.9 Å². The molecule has 4 N–H and O–H groups in total. The molecule has 2 aromatic rings. The molecule has 11 nitrogen and oxygen atoms in total. The van der Waals surface area contributed by atoms with Gasteiger partial charge in [0.25, 0.3) is 5.69 Å². The Hall–Kier alpha value is -3.02. The molecular weight excluding hydrogens is 465 g/mol. The Morgan fingerprint density at radius 3 is 2.54 bits per heavy atom. The van der Waals surface area contributed by atoms with Crippen LogP contribution in [0, 0.1) is 24.0 Å². The van der Waals surface area contributed by atoms with Crippen LogP contribution >= 0.6 is 0 Å². The normalized spacial score (nSPS) is 11.0. The first-order valence-corrected chi connectivity index (χ1v) is 10.8. The summed E-state index contributed by atoms with van der Waals surface area (Å²) in [5.41, 5.74) is 1.66. The largest absolute Gasteiger partial charge is 1.00 e. The second kappa shape index (κ2) is 15.1. The number of carboxylic acid groups (broad SMARTS) is 1. The van der Waals surface area contributed by atoms with E-state index in [1.54, 1.807) is 13.1 Å². The molecule has 0 radical (unpaired) electrons. The predicted octanol–water partition coefficient (Wildman–Crippen LogP) is -0.246. The van der Waals surface area contributed by atoms with E-state index in [1.165, 1.54) is 18.2 Å². The third kappa shape index (κ3) is 10.8. The van der Waals surface area contributed by atoms with Crippen LogP contribution in [0.4, 0.5) is 11.5 Å². The number of anilines is 1. The maximum atomic E-state index is 12.3. The first-order chi connectivity index (χ1) is 16.2. The molecule has 0 fully saturated rings. The van der Waals surface area contributed by atoms with Crippen LogP contribution in [-0.2, 0) is 14.4 Å². The summed E-state index contributed by atoms with van der Waals surface area (Å²) in [6, 6.07) is 7.15. The van der Waals surface area contributed by atoms with Gasteiger partial charge in [0, 0.05) is 30.8 Å². The minimum atomic E-state index is -1.17. The van der Waals surface area contributed by atoms with Gasteiger partial charge in [0.15, 0.2) is 0 Å². The molecule has 0 spiro atoms. The SMILES string of the molecule is Cc1ccnc(NCCCCC(=O)NCC(=O)NC(CC(=O)O)c2ccc(C)c([N+](=O)[O-])c2)c1.[H-].[Na+]. The van der Waals surface area contributed by atoms with Gasteiger partial charge in [-0.05, 0) is 49.9 Å². The monoisotopic (exact) mass is 495 g/mol. The number of aliphatic carboxylic acids is 1. The Morgan fingerprint density at radius 2 is 1.89 bits per heavy atom. The van der Waals surface area contributed by atoms with Crippen LogP contribution in [0.25, 0.3) is 0 Å². The number of hydrogen-bond donors (Lipinski definition) is 4. The van der Waals surface area contributed by atoms with Crippen molar-refractivity contribution < 1.29 is 55.4 Å². The fraction of sp³-hybridized carbons (Fsp3) is 0.391. The minimum Gasteiger partial charge on any atom is -1.00 e. The average Bonchev–Trinajstić information content (AvgIpc) is 2.77. The van der Waals surface area contributed by atoms with E-state index in [2.05, 4.69) is 20.9 Å². The molecule has 2 amide bonds. The molecule has 1 aromatic carbocycles. The van der Waals surface area contributed by atoms with E-state index in [0.29, 0.717) is 24.1 Å². The Balaban J connectivity index is 0.00000612. The van der Waals surface area contributed by atoms with Crippen LogP contribution < -0.4 is 45.5 Å². The topological polar surface area (TPSA) is 164 Å². The number of carbonyl (C=O) groups is 3. The number of pyridine rings is 1. The van der Waals surface area contributed by atoms with Gasteiger partial charge in [-0.3, -0.25) is 24.5 Å². The third-order valence-corrected chi connectivity index (χ3v) is 5.04. The zero-order chi connectivity index (χ0) is 25.1. The first kappa shape index (κ1) is 30.0. The number of nitrogens with one attached hydrogen (secondary N) is 3. The maximum Gasteiger partial charge on any atom is 1.00 e. The van der Waals surface area contributed by atoms with Crippen LogP contribution in [0.1, 0.15) is 49.8 Å². The summed E-state index contributed by atoms with van der Waals surface area (Å²) < 4.78 is 0. The Kier molecular flexibility index (Phi) is 12.9. The number of unbranched alkanes of at least 4 members (excludes halogenated alkanes) is 1. The molecule has 12 heteroatoms. The van der Waals surface area contributed by atoms with Crippen LogP contribution in [0.3, 0.4) is 0 Å². The average molecular weight is 496 g/mol. The van der Waals surface area contributed by atoms with E-state index in [-0.39, 0.29) is 55.5 Å². The fourth-order valence-corrected chi connectivity index (χ4v) is 3.24. The molecular formula is C23H30N5NaO6. The number of carbonyl (C=O) groups excluding carboxylic acids is 2. The van der Waals surface area contributed by atoms with Gasteiger partial charge in [-0.1, -0.05) is 12.1 Å². The molecule has 1 unspecified atom stereocenters. The van der Waals surface area contributed by atoms with Gasteiger partial charge < -0.3 is 22.5 Å². The number of nitrogens with zero attached hydrogens (tertiary/aromatic N) is 2. The van der Waals surface area contributed by atoms with Crippen molar-refractivity contribution in [1.29, 1.82) is 0 Å². The fourth-order valence-electron chi connectivity index (χ4n) is 3.24. The van der Waals surface area contributed by atoms with E-state index in [0.717, 1.165) is 17.8 Å². The molecule has 1 heterocycles. The summed E-state index contributed by atoms with van der Waals surface area (Å²) in [4.78, 5) is 50.4. The summed E-state index contributed by atoms with van der Waals surface area (Å²) in [6.45, 7) is 3.87. The number of amides is 2. The third-order valence-electron chi connectivity index (χ3n) is 5.04. The number of aromatic nitrogens is 1. The summed E-state index contributed by atoms with van der Waals surface area (Å²) >= 11 is 0. The van der Waals surface area contributed by atoms with Crippen molar-refractivity contribution in [3.63, 3.8) is 0 Å². The summed E-state index contributed by atoms with van der Waals surface area (Å²) in [5, 5.41) is 28.6. The van der Waals surface area contributed by atoms with Crippen LogP contribution in [0.5, 0.6) is 0 Å². The van der Waals surface area contributed by atoms with E-state index >= 15 is 0 Å². The molecule has 35 heavy (non-hydrogen) atoms. The molecule has 2 rings (SSSR count). The number of aryl methyl sites for hydroxylation is 2. The molecule has 1 atom stereocenters. The van der Waals surface area contributed by atoms with E-state index < -0.39 is 29.3 Å². The van der Waals surface area contributed by atoms with Gasteiger partial charge >= 0.3 is 35.5 Å². The van der Waals surface area contributed by atoms with Crippen LogP contribution in [-0.4, -0.2) is 45.9 Å². The van der Waals surface area contributed by atoms with Gasteiger partial charge in [0.2, 0.25) is 11.8 Å². The molecule has 184 valence electrons. The van der Waals surface area contributed by atoms with Gasteiger partial charge in [-0.2, -0.15) is 0 Å². The number of rotatable bonds is 13. The van der Waals surface area contributed by atoms with Crippen molar-refractivity contribution in [2.45, 2.75) is 45.6 Å². The van der Waals surface area contributed by atoms with Crippen molar-refractivity contribution in [1.82, 2.24) is 15.6 Å². The number of hydrogen-bond acceptors (Lipinski definition) is 7. The van der Waals surface area contributed by atoms with Crippen molar-refractivity contribution in [3.8, 4) is 0 Å². The van der Waals surface area contributed by atoms with Gasteiger partial charge in [-0.15, -0.1) is 0 Å². The molecule has 0 saturated heterocycles. The predicted molar refractivity (Wildman–Crippen MR) is 126 cm³/mol. The molecule has 1 aromatic heterocycles. The van der Waals surface area contributed by atoms with Crippen molar-refractivity contribution in [3.05, 3.63) is 63.3 Å². The van der Waals surface area contributed by atoms with Crippen molar-refractivity contribution in [2.75, 3.05) is 18.4 Å². The molecule has 0 aliphatic rings. The molecule has 0 saturated carbocycles. The first-order valence-electron chi connectivity index (χ1n) is 10.8. The Labute approximate surface area is 227 Å². The number of nitro benzene ring substituents is 1. The van der Waals surface area contributed by atoms with Crippen LogP contribution in [0.15, 0.2) is 36.5 Å². The number of nitro groups is 1. The Bertz CT molecular complexity index is 1060. The second-order valence-electron chi connectivity index (χ2n) is 7.90. The summed E-state index contributed by atoms with van der Waals surface area (Å²) in [7, 11) is 0. The number of benzene rings is 1. The van der Waals surface area contributed by atoms with Crippen molar-refractivity contribution >= 4 is 29.3 Å². The smallest absolute Gasteiger partial charge is 1.00 e. The standard InChI is InChI=1S/C23H29N5O6.Na.H/c1-15-8-10-25-20(11-15)24-9-4-3-5-21(29)26-14-22(30)27-18(13-23(31)32)17-7-6-16(2)19(12-17)28(33)34;;/h6-8,10-12,18H,3-5,9,13-14H2,1-2H3,(H,24,25)(H,26,29)(H,27,30)(H,31,32);;/q;+1;-1. The quantitative estimate of drug-likeness (QED) is 0.128. The van der Waals surface area contributed by atoms with Gasteiger partial charge in [-0.25, -0.2) is 4.98 Å².